The lowest BCUT2D eigenvalue weighted by Crippen LogP contribution is -2.42. The van der Waals surface area contributed by atoms with Gasteiger partial charge in [-0.25, -0.2) is 0 Å². The van der Waals surface area contributed by atoms with Gasteiger partial charge in [0.05, 0.1) is 23.2 Å². The van der Waals surface area contributed by atoms with Crippen molar-refractivity contribution >= 4 is 11.6 Å². The number of allylic oxidation sites excluding steroid dienone is 4. The molecule has 0 aromatic carbocycles. The van der Waals surface area contributed by atoms with E-state index in [0.29, 0.717) is 24.5 Å². The summed E-state index contributed by atoms with van der Waals surface area (Å²) in [6.45, 7) is 13.1. The Kier molecular flexibility index (Phi) is 5.53. The Morgan fingerprint density at radius 1 is 1.19 bits per heavy atom. The van der Waals surface area contributed by atoms with E-state index in [0.717, 1.165) is 12.0 Å². The Bertz CT molecular complexity index is 699. The van der Waals surface area contributed by atoms with Gasteiger partial charge >= 0.3 is 0 Å². The van der Waals surface area contributed by atoms with E-state index < -0.39 is 12.0 Å². The normalized spacial score (nSPS) is 40.9. The van der Waals surface area contributed by atoms with Crippen LogP contribution in [0.5, 0.6) is 0 Å². The van der Waals surface area contributed by atoms with Gasteiger partial charge in [-0.2, -0.15) is 0 Å². The molecule has 27 heavy (non-hydrogen) atoms. The van der Waals surface area contributed by atoms with Crippen molar-refractivity contribution in [2.24, 2.45) is 29.6 Å². The van der Waals surface area contributed by atoms with Crippen LogP contribution in [0.15, 0.2) is 22.8 Å². The molecular formula is C23H34O4. The zero-order valence-electron chi connectivity index (χ0n) is 17.5. The molecule has 3 rings (SSSR count). The quantitative estimate of drug-likeness (QED) is 0.453. The third-order valence-corrected chi connectivity index (χ3v) is 7.15. The van der Waals surface area contributed by atoms with Crippen LogP contribution in [-0.2, 0) is 14.3 Å². The summed E-state index contributed by atoms with van der Waals surface area (Å²) in [5.74, 6) is -0.218. The Labute approximate surface area is 163 Å². The molecule has 6 atom stereocenters. The standard InChI is InChI=1S/C23H34O4/c1-12-9-13(2)19(15(4)14(12)3)20-18(24)10-17(22(20)26)21(25)16-7-8-27-23(5,6)11-16/h9,13-17,21,25H,7-8,10-11H2,1-6H3/b20-19-. The Hall–Kier alpha value is -1.26. The van der Waals surface area contributed by atoms with Crippen LogP contribution in [0.4, 0.5) is 0 Å². The number of Topliss-reactive ketones (excluding diaryl/α,β-unsaturated/α-hetero) is 2. The summed E-state index contributed by atoms with van der Waals surface area (Å²) in [6.07, 6.45) is 3.00. The minimum atomic E-state index is -0.772. The minimum Gasteiger partial charge on any atom is -0.392 e. The first-order valence-corrected chi connectivity index (χ1v) is 10.3. The van der Waals surface area contributed by atoms with Gasteiger partial charge in [0, 0.05) is 13.0 Å². The van der Waals surface area contributed by atoms with Crippen LogP contribution in [-0.4, -0.2) is 35.0 Å². The fraction of sp³-hybridized carbons (Fsp3) is 0.739. The van der Waals surface area contributed by atoms with Gasteiger partial charge in [-0.1, -0.05) is 32.4 Å². The lowest BCUT2D eigenvalue weighted by Gasteiger charge is -2.38. The highest BCUT2D eigenvalue weighted by molar-refractivity contribution is 6.27. The van der Waals surface area contributed by atoms with Crippen molar-refractivity contribution in [3.05, 3.63) is 22.8 Å². The van der Waals surface area contributed by atoms with Gasteiger partial charge < -0.3 is 9.84 Å². The van der Waals surface area contributed by atoms with E-state index in [2.05, 4.69) is 33.8 Å². The molecule has 3 aliphatic rings. The van der Waals surface area contributed by atoms with Crippen LogP contribution in [0.2, 0.25) is 0 Å². The van der Waals surface area contributed by atoms with Crippen LogP contribution >= 0.6 is 0 Å². The Morgan fingerprint density at radius 3 is 2.48 bits per heavy atom. The predicted octanol–water partition coefficient (Wildman–Crippen LogP) is 3.88. The number of ether oxygens (including phenoxy) is 1. The molecule has 1 N–H and O–H groups in total. The molecule has 2 fully saturated rings. The van der Waals surface area contributed by atoms with Gasteiger partial charge in [0.2, 0.25) is 0 Å². The van der Waals surface area contributed by atoms with E-state index >= 15 is 0 Å². The molecular weight excluding hydrogens is 340 g/mol. The fourth-order valence-electron chi connectivity index (χ4n) is 5.37. The van der Waals surface area contributed by atoms with E-state index in [-0.39, 0.29) is 41.3 Å². The highest BCUT2D eigenvalue weighted by Gasteiger charge is 2.47. The number of hydrogen-bond donors (Lipinski definition) is 1. The molecule has 2 aliphatic carbocycles. The van der Waals surface area contributed by atoms with E-state index in [9.17, 15) is 14.7 Å². The van der Waals surface area contributed by atoms with Crippen molar-refractivity contribution in [1.82, 2.24) is 0 Å². The lowest BCUT2D eigenvalue weighted by atomic mass is 9.71. The maximum absolute atomic E-state index is 13.2. The zero-order valence-corrected chi connectivity index (χ0v) is 17.5. The van der Waals surface area contributed by atoms with Crippen molar-refractivity contribution < 1.29 is 19.4 Å². The average Bonchev–Trinajstić information content (AvgIpc) is 2.87. The van der Waals surface area contributed by atoms with Crippen LogP contribution in [0.25, 0.3) is 0 Å². The van der Waals surface area contributed by atoms with Crippen LogP contribution in [0.3, 0.4) is 0 Å². The Balaban J connectivity index is 1.89. The van der Waals surface area contributed by atoms with Crippen LogP contribution < -0.4 is 0 Å². The topological polar surface area (TPSA) is 63.6 Å². The van der Waals surface area contributed by atoms with Crippen LogP contribution in [0.1, 0.15) is 60.8 Å². The van der Waals surface area contributed by atoms with E-state index in [1.54, 1.807) is 0 Å². The minimum absolute atomic E-state index is 0.00196. The fourth-order valence-corrected chi connectivity index (χ4v) is 5.37. The second-order valence-electron chi connectivity index (χ2n) is 9.56. The summed E-state index contributed by atoms with van der Waals surface area (Å²) < 4.78 is 5.74. The second kappa shape index (κ2) is 7.29. The van der Waals surface area contributed by atoms with Gasteiger partial charge in [-0.05, 0) is 62.9 Å². The van der Waals surface area contributed by atoms with E-state index in [1.165, 1.54) is 5.57 Å². The number of rotatable bonds is 2. The summed E-state index contributed by atoms with van der Waals surface area (Å²) >= 11 is 0. The number of aliphatic hydroxyl groups excluding tert-OH is 1. The molecule has 0 aromatic heterocycles. The van der Waals surface area contributed by atoms with Crippen molar-refractivity contribution in [3.8, 4) is 0 Å². The molecule has 4 heteroatoms. The molecule has 1 aliphatic heterocycles. The van der Waals surface area contributed by atoms with Gasteiger partial charge in [-0.15, -0.1) is 0 Å². The summed E-state index contributed by atoms with van der Waals surface area (Å²) in [7, 11) is 0. The number of aliphatic hydroxyl groups is 1. The van der Waals surface area contributed by atoms with E-state index in [4.69, 9.17) is 4.74 Å². The molecule has 1 saturated heterocycles. The SMILES string of the molecule is CC1=CC(C)/C(=C2\C(=O)CC(C(O)C3CCOC(C)(C)C3)C2=O)C(C)C1C. The molecule has 0 radical (unpaired) electrons. The van der Waals surface area contributed by atoms with Crippen molar-refractivity contribution in [2.45, 2.75) is 72.5 Å². The zero-order chi connectivity index (χ0) is 20.1. The predicted molar refractivity (Wildman–Crippen MR) is 105 cm³/mol. The van der Waals surface area contributed by atoms with Gasteiger partial charge in [0.25, 0.3) is 0 Å². The lowest BCUT2D eigenvalue weighted by molar-refractivity contribution is -0.129. The second-order valence-corrected chi connectivity index (χ2v) is 9.56. The summed E-state index contributed by atoms with van der Waals surface area (Å²) in [5.41, 5.74) is 2.39. The van der Waals surface area contributed by atoms with Crippen molar-refractivity contribution in [1.29, 1.82) is 0 Å². The molecule has 1 saturated carbocycles. The first kappa shape index (κ1) is 20.5. The van der Waals surface area contributed by atoms with Gasteiger partial charge in [0.1, 0.15) is 0 Å². The molecule has 0 aromatic rings. The summed E-state index contributed by atoms with van der Waals surface area (Å²) in [4.78, 5) is 26.1. The van der Waals surface area contributed by atoms with E-state index in [1.807, 2.05) is 13.8 Å². The molecule has 1 heterocycles. The Morgan fingerprint density at radius 2 is 1.85 bits per heavy atom. The third kappa shape index (κ3) is 3.71. The smallest absolute Gasteiger partial charge is 0.172 e. The first-order chi connectivity index (χ1) is 12.5. The number of carbonyl (C=O) groups is 2. The molecule has 0 bridgehead atoms. The summed E-state index contributed by atoms with van der Waals surface area (Å²) in [6, 6.07) is 0. The molecule has 0 spiro atoms. The van der Waals surface area contributed by atoms with Crippen molar-refractivity contribution in [2.75, 3.05) is 6.61 Å². The van der Waals surface area contributed by atoms with Crippen molar-refractivity contribution in [3.63, 3.8) is 0 Å². The van der Waals surface area contributed by atoms with Crippen LogP contribution in [0, 0.1) is 29.6 Å². The molecule has 4 nitrogen and oxygen atoms in total. The third-order valence-electron chi connectivity index (χ3n) is 7.15. The highest BCUT2D eigenvalue weighted by Crippen LogP contribution is 2.44. The largest absolute Gasteiger partial charge is 0.392 e. The monoisotopic (exact) mass is 374 g/mol. The number of hydrogen-bond acceptors (Lipinski definition) is 4. The summed E-state index contributed by atoms with van der Waals surface area (Å²) in [5, 5.41) is 11.0. The highest BCUT2D eigenvalue weighted by atomic mass is 16.5. The molecule has 6 unspecified atom stereocenters. The first-order valence-electron chi connectivity index (χ1n) is 10.3. The number of ketones is 2. The average molecular weight is 375 g/mol. The van der Waals surface area contributed by atoms with Gasteiger partial charge in [-0.3, -0.25) is 9.59 Å². The maximum Gasteiger partial charge on any atom is 0.172 e. The maximum atomic E-state index is 13.2. The molecule has 150 valence electrons. The number of carbonyl (C=O) groups excluding carboxylic acids is 2. The molecule has 0 amide bonds. The van der Waals surface area contributed by atoms with Gasteiger partial charge in [0.15, 0.2) is 11.6 Å².